The van der Waals surface area contributed by atoms with Crippen LogP contribution in [-0.4, -0.2) is 66.4 Å². The van der Waals surface area contributed by atoms with E-state index in [1.165, 1.54) is 24.0 Å². The molecule has 8 nitrogen and oxygen atoms in total. The van der Waals surface area contributed by atoms with Gasteiger partial charge in [0, 0.05) is 30.5 Å². The third kappa shape index (κ3) is 19.0. The summed E-state index contributed by atoms with van der Waals surface area (Å²) >= 11 is 1.68. The molecule has 2 aromatic rings. The van der Waals surface area contributed by atoms with E-state index in [1.807, 2.05) is 18.9 Å². The number of nitrogens with zero attached hydrogens (tertiary/aromatic N) is 1. The average Bonchev–Trinajstić information content (AvgIpc) is 3.51. The van der Waals surface area contributed by atoms with Crippen LogP contribution in [0.1, 0.15) is 51.2 Å². The van der Waals surface area contributed by atoms with Crippen LogP contribution in [0.25, 0.3) is 0 Å². The lowest BCUT2D eigenvalue weighted by molar-refractivity contribution is -0.181. The lowest BCUT2D eigenvalue weighted by Gasteiger charge is -2.22. The highest BCUT2D eigenvalue weighted by molar-refractivity contribution is 7.97. The van der Waals surface area contributed by atoms with Gasteiger partial charge in [-0.2, -0.15) is 0 Å². The van der Waals surface area contributed by atoms with E-state index in [9.17, 15) is 5.11 Å². The summed E-state index contributed by atoms with van der Waals surface area (Å²) in [5.74, 6) is 1.37. The van der Waals surface area contributed by atoms with Gasteiger partial charge in [-0.3, -0.25) is 4.79 Å². The number of amides is 1. The molecule has 2 aliphatic heterocycles. The maximum Gasteiger partial charge on any atom is 0.204 e. The highest BCUT2D eigenvalue weighted by Gasteiger charge is 2.44. The van der Waals surface area contributed by atoms with Crippen molar-refractivity contribution < 1.29 is 29.3 Å². The number of aliphatic hydroxyl groups excluding tert-OH is 1. The number of benzene rings is 2. The van der Waals surface area contributed by atoms with Crippen LogP contribution in [0.2, 0.25) is 0 Å². The second-order valence-corrected chi connectivity index (χ2v) is 10.9. The van der Waals surface area contributed by atoms with Crippen LogP contribution in [0.5, 0.6) is 5.75 Å². The van der Waals surface area contributed by atoms with E-state index in [0.717, 1.165) is 37.6 Å². The van der Waals surface area contributed by atoms with Crippen molar-refractivity contribution in [3.8, 4) is 18.6 Å². The van der Waals surface area contributed by atoms with E-state index < -0.39 is 0 Å². The number of ether oxygens (including phenoxy) is 2. The standard InChI is InChI=1S/C13H21NO2S.C8H10.C7H12O2.C2H2.CH3NO.CH2O/c1-11(2)10-14(8-3-9-15)17-13-6-4-12(16)5-7-13;1-7-3-5-8(2)6-4-7;1-7-6(2-4-8-7)3-5-9-7;1-2;2-1-3;1-2/h4-7,11,15-16H,3,8-10H2,1-2H3;3-6H,1-2H3;6H,2-5H2,1H3;1-2H;1H,(H2,2,3);1H2. The molecule has 2 aliphatic rings. The Morgan fingerprint density at radius 3 is 1.85 bits per heavy atom. The van der Waals surface area contributed by atoms with E-state index in [2.05, 4.69) is 81.8 Å². The summed E-state index contributed by atoms with van der Waals surface area (Å²) in [5.41, 5.74) is 6.83. The fourth-order valence-electron chi connectivity index (χ4n) is 3.88. The third-order valence-electron chi connectivity index (χ3n) is 5.88. The molecule has 0 aromatic heterocycles. The number of hydrogen-bond acceptors (Lipinski definition) is 8. The molecular formula is C32H50N2O6S. The zero-order valence-electron chi connectivity index (χ0n) is 25.3. The van der Waals surface area contributed by atoms with E-state index >= 15 is 0 Å². The molecule has 9 heteroatoms. The molecule has 230 valence electrons. The number of aliphatic hydroxyl groups is 1. The van der Waals surface area contributed by atoms with E-state index in [4.69, 9.17) is 24.2 Å². The van der Waals surface area contributed by atoms with E-state index in [-0.39, 0.29) is 18.8 Å². The lowest BCUT2D eigenvalue weighted by Crippen LogP contribution is -2.27. The molecular weight excluding hydrogens is 540 g/mol. The molecule has 0 saturated carbocycles. The van der Waals surface area contributed by atoms with Gasteiger partial charge < -0.3 is 30.2 Å². The Kier molecular flexibility index (Phi) is 24.4. The Hall–Kier alpha value is -2.87. The number of fused-ring (bicyclic) bond motifs is 1. The first-order chi connectivity index (χ1) is 19.6. The van der Waals surface area contributed by atoms with Crippen molar-refractivity contribution in [1.82, 2.24) is 4.31 Å². The molecule has 2 heterocycles. The number of primary amides is 1. The number of nitrogens with two attached hydrogens (primary N) is 1. The quantitative estimate of drug-likeness (QED) is 0.224. The molecule has 0 bridgehead atoms. The van der Waals surface area contributed by atoms with Gasteiger partial charge in [0.15, 0.2) is 5.79 Å². The van der Waals surface area contributed by atoms with Crippen molar-refractivity contribution >= 4 is 25.1 Å². The van der Waals surface area contributed by atoms with Crippen molar-refractivity contribution in [3.05, 3.63) is 59.7 Å². The molecule has 0 aliphatic carbocycles. The number of phenols is 1. The summed E-state index contributed by atoms with van der Waals surface area (Å²) in [6.45, 7) is 16.5. The van der Waals surface area contributed by atoms with Crippen LogP contribution in [0.3, 0.4) is 0 Å². The first kappa shape index (κ1) is 40.3. The second-order valence-electron chi connectivity index (χ2n) is 9.72. The minimum absolute atomic E-state index is 0.194. The molecule has 2 saturated heterocycles. The Morgan fingerprint density at radius 2 is 1.49 bits per heavy atom. The Balaban J connectivity index is 0. The minimum Gasteiger partial charge on any atom is -0.508 e. The highest BCUT2D eigenvalue weighted by atomic mass is 32.2. The number of terminal acetylenes is 1. The van der Waals surface area contributed by atoms with Gasteiger partial charge in [0.2, 0.25) is 6.41 Å². The average molecular weight is 591 g/mol. The molecule has 0 radical (unpaired) electrons. The van der Waals surface area contributed by atoms with Crippen LogP contribution < -0.4 is 5.73 Å². The Bertz CT molecular complexity index is 891. The monoisotopic (exact) mass is 590 g/mol. The van der Waals surface area contributed by atoms with Gasteiger partial charge in [-0.1, -0.05) is 49.2 Å². The fourth-order valence-corrected chi connectivity index (χ4v) is 5.02. The summed E-state index contributed by atoms with van der Waals surface area (Å²) in [7, 11) is 0. The maximum atomic E-state index is 9.22. The molecule has 1 amide bonds. The van der Waals surface area contributed by atoms with Crippen LogP contribution >= 0.6 is 11.9 Å². The smallest absolute Gasteiger partial charge is 0.204 e. The van der Waals surface area contributed by atoms with Crippen molar-refractivity contribution in [2.45, 2.75) is 64.6 Å². The number of carbonyl (C=O) groups excluding carboxylic acids is 2. The Labute approximate surface area is 251 Å². The van der Waals surface area contributed by atoms with Crippen LogP contribution in [0, 0.1) is 38.5 Å². The Morgan fingerprint density at radius 1 is 1.05 bits per heavy atom. The molecule has 4 N–H and O–H groups in total. The van der Waals surface area contributed by atoms with Gasteiger partial charge in [0.25, 0.3) is 0 Å². The normalized spacial score (nSPS) is 17.9. The van der Waals surface area contributed by atoms with Gasteiger partial charge in [0.05, 0.1) is 13.2 Å². The maximum absolute atomic E-state index is 9.22. The number of hydrogen-bond donors (Lipinski definition) is 3. The van der Waals surface area contributed by atoms with Gasteiger partial charge in [-0.05, 0) is 82.2 Å². The first-order valence-corrected chi connectivity index (χ1v) is 14.3. The minimum atomic E-state index is -0.194. The van der Waals surface area contributed by atoms with Gasteiger partial charge in [0.1, 0.15) is 12.5 Å². The third-order valence-corrected chi connectivity index (χ3v) is 6.95. The topological polar surface area (TPSA) is 122 Å². The fraction of sp³-hybridized carbons (Fsp3) is 0.500. The molecule has 0 unspecified atom stereocenters. The second kappa shape index (κ2) is 24.9. The summed E-state index contributed by atoms with van der Waals surface area (Å²) in [6.07, 6.45) is 11.4. The summed E-state index contributed by atoms with van der Waals surface area (Å²) in [6, 6.07) is 15.7. The van der Waals surface area contributed by atoms with Gasteiger partial charge in [-0.25, -0.2) is 4.31 Å². The molecule has 2 fully saturated rings. The SMILES string of the molecule is C#C.C=O.CC(C)CN(CCCO)Sc1ccc(O)cc1.CC12OCCC1CCO2.Cc1ccc(C)cc1.NC=O. The molecule has 2 aromatic carbocycles. The van der Waals surface area contributed by atoms with Crippen molar-refractivity contribution in [2.75, 3.05) is 32.9 Å². The largest absolute Gasteiger partial charge is 0.508 e. The summed E-state index contributed by atoms with van der Waals surface area (Å²) in [4.78, 5) is 17.7. The van der Waals surface area contributed by atoms with Gasteiger partial charge >= 0.3 is 0 Å². The van der Waals surface area contributed by atoms with Crippen molar-refractivity contribution in [3.63, 3.8) is 0 Å². The van der Waals surface area contributed by atoms with Crippen LogP contribution in [0.4, 0.5) is 0 Å². The van der Waals surface area contributed by atoms with Crippen molar-refractivity contribution in [2.24, 2.45) is 17.6 Å². The number of aromatic hydroxyl groups is 1. The zero-order chi connectivity index (χ0) is 31.7. The highest BCUT2D eigenvalue weighted by Crippen LogP contribution is 2.40. The number of rotatable bonds is 7. The molecule has 0 spiro atoms. The van der Waals surface area contributed by atoms with Crippen molar-refractivity contribution in [1.29, 1.82) is 0 Å². The predicted molar refractivity (Wildman–Crippen MR) is 168 cm³/mol. The summed E-state index contributed by atoms with van der Waals surface area (Å²) in [5, 5.41) is 18.1. The van der Waals surface area contributed by atoms with Crippen LogP contribution in [0.15, 0.2) is 53.4 Å². The molecule has 0 atom stereocenters. The van der Waals surface area contributed by atoms with Crippen LogP contribution in [-0.2, 0) is 19.1 Å². The molecule has 4 rings (SSSR count). The number of carbonyl (C=O) groups is 2. The number of phenolic OH excluding ortho intramolecular Hbond substituents is 1. The van der Waals surface area contributed by atoms with E-state index in [1.54, 1.807) is 24.1 Å². The zero-order valence-corrected chi connectivity index (χ0v) is 26.1. The first-order valence-electron chi connectivity index (χ1n) is 13.5. The van der Waals surface area contributed by atoms with E-state index in [0.29, 0.717) is 17.6 Å². The van der Waals surface area contributed by atoms with Gasteiger partial charge in [-0.15, -0.1) is 12.8 Å². The summed E-state index contributed by atoms with van der Waals surface area (Å²) < 4.78 is 13.1. The predicted octanol–water partition coefficient (Wildman–Crippen LogP) is 5.37. The molecule has 41 heavy (non-hydrogen) atoms. The number of aryl methyl sites for hydroxylation is 2. The lowest BCUT2D eigenvalue weighted by atomic mass is 9.99.